The van der Waals surface area contributed by atoms with Gasteiger partial charge in [-0.25, -0.2) is 9.78 Å². The molecule has 0 aliphatic rings. The minimum absolute atomic E-state index is 0.0932. The molecule has 0 radical (unpaired) electrons. The van der Waals surface area contributed by atoms with E-state index in [0.717, 1.165) is 16.6 Å². The number of hydrogen-bond donors (Lipinski definition) is 3. The number of nitrogens with one attached hydrogen (secondary N) is 2. The third kappa shape index (κ3) is 3.99. The highest BCUT2D eigenvalue weighted by atomic mass is 16.4. The van der Waals surface area contributed by atoms with Crippen LogP contribution >= 0.6 is 0 Å². The van der Waals surface area contributed by atoms with Gasteiger partial charge in [0.15, 0.2) is 0 Å². The molecule has 0 saturated carbocycles. The zero-order valence-corrected chi connectivity index (χ0v) is 14.7. The molecule has 1 atom stereocenters. The molecule has 3 rings (SSSR count). The Morgan fingerprint density at radius 3 is 2.44 bits per heavy atom. The molecule has 0 saturated heterocycles. The molecule has 1 heterocycles. The van der Waals surface area contributed by atoms with Gasteiger partial charge in [-0.1, -0.05) is 57.2 Å². The highest BCUT2D eigenvalue weighted by Crippen LogP contribution is 2.24. The quantitative estimate of drug-likeness (QED) is 0.660. The van der Waals surface area contributed by atoms with Gasteiger partial charge in [0.25, 0.3) is 0 Å². The van der Waals surface area contributed by atoms with Crippen molar-refractivity contribution in [3.63, 3.8) is 0 Å². The maximum atomic E-state index is 11.2. The van der Waals surface area contributed by atoms with Crippen LogP contribution in [0, 0.1) is 0 Å². The molecule has 0 fully saturated rings. The predicted octanol–water partition coefficient (Wildman–Crippen LogP) is 4.41. The first-order valence-electron chi connectivity index (χ1n) is 8.36. The largest absolute Gasteiger partial charge is 0.465 e. The summed E-state index contributed by atoms with van der Waals surface area (Å²) < 4.78 is 0. The van der Waals surface area contributed by atoms with Gasteiger partial charge in [-0.2, -0.15) is 0 Å². The van der Waals surface area contributed by atoms with Gasteiger partial charge in [0.1, 0.15) is 5.82 Å². The molecule has 1 amide bonds. The molecular weight excluding hydrogens is 314 g/mol. The van der Waals surface area contributed by atoms with Gasteiger partial charge in [-0.15, -0.1) is 0 Å². The molecule has 5 heteroatoms. The number of aromatic amines is 1. The van der Waals surface area contributed by atoms with Crippen LogP contribution in [0.25, 0.3) is 11.0 Å². The van der Waals surface area contributed by atoms with E-state index < -0.39 is 12.1 Å². The summed E-state index contributed by atoms with van der Waals surface area (Å²) in [4.78, 5) is 19.0. The summed E-state index contributed by atoms with van der Waals surface area (Å²) in [7, 11) is 0. The van der Waals surface area contributed by atoms with Crippen molar-refractivity contribution in [3.8, 4) is 0 Å². The van der Waals surface area contributed by atoms with Crippen molar-refractivity contribution in [2.45, 2.75) is 38.6 Å². The van der Waals surface area contributed by atoms with E-state index in [4.69, 9.17) is 0 Å². The van der Waals surface area contributed by atoms with Crippen LogP contribution in [0.2, 0.25) is 0 Å². The summed E-state index contributed by atoms with van der Waals surface area (Å²) in [6.45, 7) is 6.52. The minimum Gasteiger partial charge on any atom is -0.465 e. The molecule has 0 spiro atoms. The van der Waals surface area contributed by atoms with E-state index >= 15 is 0 Å². The molecule has 5 nitrogen and oxygen atoms in total. The van der Waals surface area contributed by atoms with E-state index in [2.05, 4.69) is 60.3 Å². The van der Waals surface area contributed by atoms with Crippen molar-refractivity contribution in [2.24, 2.45) is 0 Å². The third-order valence-corrected chi connectivity index (χ3v) is 4.30. The summed E-state index contributed by atoms with van der Waals surface area (Å²) in [5.41, 5.74) is 4.14. The van der Waals surface area contributed by atoms with E-state index in [-0.39, 0.29) is 5.41 Å². The van der Waals surface area contributed by atoms with Gasteiger partial charge >= 0.3 is 6.09 Å². The molecule has 2 aromatic carbocycles. The Balaban J connectivity index is 1.87. The number of para-hydroxylation sites is 2. The van der Waals surface area contributed by atoms with Crippen molar-refractivity contribution in [2.75, 3.05) is 0 Å². The van der Waals surface area contributed by atoms with Crippen LogP contribution in [0.3, 0.4) is 0 Å². The zero-order valence-electron chi connectivity index (χ0n) is 14.7. The average molecular weight is 337 g/mol. The Morgan fingerprint density at radius 2 is 1.84 bits per heavy atom. The second-order valence-electron chi connectivity index (χ2n) is 7.29. The number of rotatable bonds is 4. The number of aromatic nitrogens is 2. The van der Waals surface area contributed by atoms with Crippen LogP contribution in [0.5, 0.6) is 0 Å². The van der Waals surface area contributed by atoms with Crippen molar-refractivity contribution in [1.29, 1.82) is 0 Å². The van der Waals surface area contributed by atoms with Crippen LogP contribution < -0.4 is 5.32 Å². The van der Waals surface area contributed by atoms with Crippen molar-refractivity contribution < 1.29 is 9.90 Å². The Morgan fingerprint density at radius 1 is 1.16 bits per heavy atom. The highest BCUT2D eigenvalue weighted by molar-refractivity contribution is 5.75. The maximum Gasteiger partial charge on any atom is 0.405 e. The molecule has 0 bridgehead atoms. The van der Waals surface area contributed by atoms with Gasteiger partial charge < -0.3 is 15.4 Å². The number of amides is 1. The number of fused-ring (bicyclic) bond motifs is 1. The number of imidazole rings is 1. The lowest BCUT2D eigenvalue weighted by atomic mass is 9.86. The van der Waals surface area contributed by atoms with Crippen LogP contribution in [0.4, 0.5) is 4.79 Å². The molecule has 1 unspecified atom stereocenters. The molecule has 3 N–H and O–H groups in total. The first kappa shape index (κ1) is 17.0. The van der Waals surface area contributed by atoms with Crippen LogP contribution in [-0.4, -0.2) is 21.2 Å². The molecule has 3 aromatic rings. The predicted molar refractivity (Wildman–Crippen MR) is 98.8 cm³/mol. The highest BCUT2D eigenvalue weighted by Gasteiger charge is 2.19. The maximum absolute atomic E-state index is 11.2. The van der Waals surface area contributed by atoms with Crippen molar-refractivity contribution >= 4 is 17.1 Å². The number of H-pyrrole nitrogens is 1. The lowest BCUT2D eigenvalue weighted by Gasteiger charge is -2.20. The van der Waals surface area contributed by atoms with Gasteiger partial charge in [-0.05, 0) is 28.7 Å². The SMILES string of the molecule is CC(C)(C)c1ccc(CC(NC(=O)O)c2nc3ccccc3[nH]2)cc1. The fourth-order valence-corrected chi connectivity index (χ4v) is 2.88. The Labute approximate surface area is 147 Å². The van der Waals surface area contributed by atoms with Gasteiger partial charge in [-0.3, -0.25) is 0 Å². The summed E-state index contributed by atoms with van der Waals surface area (Å²) in [6.07, 6.45) is -0.520. The minimum atomic E-state index is -1.06. The van der Waals surface area contributed by atoms with Gasteiger partial charge in [0.05, 0.1) is 17.1 Å². The van der Waals surface area contributed by atoms with Crippen LogP contribution in [-0.2, 0) is 11.8 Å². The number of carboxylic acid groups (broad SMARTS) is 1. The summed E-state index contributed by atoms with van der Waals surface area (Å²) in [6, 6.07) is 15.6. The normalized spacial score (nSPS) is 12.9. The van der Waals surface area contributed by atoms with E-state index in [0.29, 0.717) is 12.2 Å². The number of nitrogens with zero attached hydrogens (tertiary/aromatic N) is 1. The van der Waals surface area contributed by atoms with Crippen LogP contribution in [0.15, 0.2) is 48.5 Å². The topological polar surface area (TPSA) is 78.0 Å². The summed E-state index contributed by atoms with van der Waals surface area (Å²) >= 11 is 0. The summed E-state index contributed by atoms with van der Waals surface area (Å²) in [5.74, 6) is 0.628. The van der Waals surface area contributed by atoms with Crippen molar-refractivity contribution in [1.82, 2.24) is 15.3 Å². The average Bonchev–Trinajstić information content (AvgIpc) is 2.97. The van der Waals surface area contributed by atoms with Crippen LogP contribution in [0.1, 0.15) is 43.8 Å². The first-order chi connectivity index (χ1) is 11.8. The lowest BCUT2D eigenvalue weighted by Crippen LogP contribution is -2.29. The Hall–Kier alpha value is -2.82. The van der Waals surface area contributed by atoms with E-state index in [9.17, 15) is 9.90 Å². The number of benzene rings is 2. The summed E-state index contributed by atoms with van der Waals surface area (Å²) in [5, 5.41) is 11.8. The van der Waals surface area contributed by atoms with E-state index in [1.54, 1.807) is 0 Å². The molecule has 130 valence electrons. The fraction of sp³-hybridized carbons (Fsp3) is 0.300. The third-order valence-electron chi connectivity index (χ3n) is 4.30. The molecule has 1 aromatic heterocycles. The van der Waals surface area contributed by atoms with E-state index in [1.807, 2.05) is 24.3 Å². The molecule has 0 aliphatic heterocycles. The fourth-order valence-electron chi connectivity index (χ4n) is 2.88. The first-order valence-corrected chi connectivity index (χ1v) is 8.36. The molecule has 0 aliphatic carbocycles. The standard InChI is InChI=1S/C20H23N3O2/c1-20(2,3)14-10-8-13(9-11-14)12-17(23-19(24)25)18-21-15-6-4-5-7-16(15)22-18/h4-11,17,23H,12H2,1-3H3,(H,21,22)(H,24,25). The number of hydrogen-bond acceptors (Lipinski definition) is 2. The monoisotopic (exact) mass is 337 g/mol. The van der Waals surface area contributed by atoms with Crippen molar-refractivity contribution in [3.05, 3.63) is 65.5 Å². The molecular formula is C20H23N3O2. The van der Waals surface area contributed by atoms with Gasteiger partial charge in [0, 0.05) is 6.42 Å². The Bertz CT molecular complexity index is 843. The van der Waals surface area contributed by atoms with E-state index in [1.165, 1.54) is 5.56 Å². The Kier molecular flexibility index (Phi) is 4.49. The zero-order chi connectivity index (χ0) is 18.0. The smallest absolute Gasteiger partial charge is 0.405 e. The lowest BCUT2D eigenvalue weighted by molar-refractivity contribution is 0.189. The second-order valence-corrected chi connectivity index (χ2v) is 7.29. The number of carbonyl (C=O) groups is 1. The molecule has 25 heavy (non-hydrogen) atoms. The second kappa shape index (κ2) is 6.59. The van der Waals surface area contributed by atoms with Gasteiger partial charge in [0.2, 0.25) is 0 Å².